The molecule has 92 valence electrons. The maximum absolute atomic E-state index is 6.17. The van der Waals surface area contributed by atoms with Crippen LogP contribution >= 0.6 is 11.6 Å². The van der Waals surface area contributed by atoms with Gasteiger partial charge in [0.2, 0.25) is 0 Å². The van der Waals surface area contributed by atoms with E-state index in [1.165, 1.54) is 0 Å². The van der Waals surface area contributed by atoms with Gasteiger partial charge in [-0.25, -0.2) is 0 Å². The monoisotopic (exact) mass is 251 g/mol. The van der Waals surface area contributed by atoms with E-state index in [1.807, 2.05) is 18.2 Å². The van der Waals surface area contributed by atoms with Crippen molar-refractivity contribution in [1.82, 2.24) is 0 Å². The maximum atomic E-state index is 6.17. The second-order valence-corrected chi connectivity index (χ2v) is 4.21. The molecule has 0 saturated carbocycles. The fraction of sp³-hybridized carbons (Fsp3) is 0.429. The summed E-state index contributed by atoms with van der Waals surface area (Å²) in [5.41, 5.74) is 6.93. The Morgan fingerprint density at radius 2 is 2.24 bits per heavy atom. The van der Waals surface area contributed by atoms with E-state index in [4.69, 9.17) is 22.1 Å². The van der Waals surface area contributed by atoms with Gasteiger partial charge in [0.05, 0.1) is 0 Å². The average Bonchev–Trinajstić information content (AvgIpc) is 2.33. The van der Waals surface area contributed by atoms with Crippen LogP contribution in [0.3, 0.4) is 0 Å². The largest absolute Gasteiger partial charge is 0.481 e. The Morgan fingerprint density at radius 3 is 2.88 bits per heavy atom. The number of rotatable bonds is 5. The predicted molar refractivity (Wildman–Crippen MR) is 72.4 cm³/mol. The summed E-state index contributed by atoms with van der Waals surface area (Å²) in [6.07, 6.45) is 1.64. The van der Waals surface area contributed by atoms with Crippen molar-refractivity contribution in [2.45, 2.75) is 32.7 Å². The van der Waals surface area contributed by atoms with Crippen LogP contribution < -0.4 is 10.5 Å². The lowest BCUT2D eigenvalue weighted by molar-refractivity contribution is 0.364. The summed E-state index contributed by atoms with van der Waals surface area (Å²) in [5, 5.41) is 0.704. The Morgan fingerprint density at radius 1 is 1.47 bits per heavy atom. The fourth-order valence-corrected chi connectivity index (χ4v) is 1.71. The van der Waals surface area contributed by atoms with Gasteiger partial charge in [-0.15, -0.1) is 5.92 Å². The lowest BCUT2D eigenvalue weighted by Crippen LogP contribution is -2.22. The van der Waals surface area contributed by atoms with E-state index in [-0.39, 0.29) is 6.04 Å². The summed E-state index contributed by atoms with van der Waals surface area (Å²) in [6.45, 7) is 4.23. The Bertz CT molecular complexity index is 420. The molecule has 0 fully saturated rings. The Hall–Kier alpha value is -1.17. The van der Waals surface area contributed by atoms with Crippen molar-refractivity contribution in [2.24, 2.45) is 5.73 Å². The summed E-state index contributed by atoms with van der Waals surface area (Å²) < 4.78 is 5.59. The zero-order chi connectivity index (χ0) is 12.7. The quantitative estimate of drug-likeness (QED) is 0.817. The van der Waals surface area contributed by atoms with Gasteiger partial charge < -0.3 is 10.5 Å². The van der Waals surface area contributed by atoms with E-state index in [0.717, 1.165) is 24.2 Å². The van der Waals surface area contributed by atoms with E-state index in [9.17, 15) is 0 Å². The third kappa shape index (κ3) is 4.30. The summed E-state index contributed by atoms with van der Waals surface area (Å²) >= 11 is 6.17. The van der Waals surface area contributed by atoms with Crippen molar-refractivity contribution >= 4 is 11.6 Å². The van der Waals surface area contributed by atoms with Crippen molar-refractivity contribution in [2.75, 3.05) is 6.61 Å². The lowest BCUT2D eigenvalue weighted by Gasteiger charge is -2.14. The van der Waals surface area contributed by atoms with Gasteiger partial charge in [0.25, 0.3) is 0 Å². The highest BCUT2D eigenvalue weighted by atomic mass is 35.5. The van der Waals surface area contributed by atoms with Gasteiger partial charge in [-0.3, -0.25) is 0 Å². The highest BCUT2D eigenvalue weighted by Crippen LogP contribution is 2.27. The predicted octanol–water partition coefficient (Wildman–Crippen LogP) is 3.02. The molecule has 3 heteroatoms. The van der Waals surface area contributed by atoms with Crippen molar-refractivity contribution in [1.29, 1.82) is 0 Å². The highest BCUT2D eigenvalue weighted by molar-refractivity contribution is 6.31. The second kappa shape index (κ2) is 7.21. The molecule has 0 bridgehead atoms. The van der Waals surface area contributed by atoms with Crippen molar-refractivity contribution < 1.29 is 4.74 Å². The minimum atomic E-state index is 0.106. The first-order valence-corrected chi connectivity index (χ1v) is 6.12. The minimum absolute atomic E-state index is 0.106. The number of hydrogen-bond donors (Lipinski definition) is 1. The molecule has 2 nitrogen and oxygen atoms in total. The summed E-state index contributed by atoms with van der Waals surface area (Å²) in [7, 11) is 0. The molecule has 0 aromatic heterocycles. The summed E-state index contributed by atoms with van der Waals surface area (Å²) in [5.74, 6) is 6.44. The first kappa shape index (κ1) is 13.9. The average molecular weight is 252 g/mol. The molecular formula is C14H18ClNO. The molecule has 0 aliphatic carbocycles. The third-order valence-corrected chi connectivity index (χ3v) is 2.90. The Kier molecular flexibility index (Phi) is 5.90. The smallest absolute Gasteiger partial charge is 0.149 e. The molecule has 0 amide bonds. The molecule has 0 radical (unpaired) electrons. The van der Waals surface area contributed by atoms with Gasteiger partial charge in [-0.05, 0) is 31.9 Å². The van der Waals surface area contributed by atoms with Crippen LogP contribution in [0.5, 0.6) is 5.75 Å². The van der Waals surface area contributed by atoms with Crippen LogP contribution in [-0.2, 0) is 6.42 Å². The number of ether oxygens (including phenoxy) is 1. The second-order valence-electron chi connectivity index (χ2n) is 3.80. The van der Waals surface area contributed by atoms with E-state index in [1.54, 1.807) is 6.92 Å². The van der Waals surface area contributed by atoms with Gasteiger partial charge >= 0.3 is 0 Å². The lowest BCUT2D eigenvalue weighted by atomic mass is 10.0. The van der Waals surface area contributed by atoms with E-state index < -0.39 is 0 Å². The van der Waals surface area contributed by atoms with Gasteiger partial charge in [0.1, 0.15) is 12.4 Å². The minimum Gasteiger partial charge on any atom is -0.481 e. The van der Waals surface area contributed by atoms with Crippen LogP contribution in [-0.4, -0.2) is 12.6 Å². The molecule has 1 aromatic carbocycles. The fourth-order valence-electron chi connectivity index (χ4n) is 1.46. The molecule has 1 unspecified atom stereocenters. The van der Waals surface area contributed by atoms with Crippen LogP contribution in [0.25, 0.3) is 0 Å². The summed E-state index contributed by atoms with van der Waals surface area (Å²) in [6, 6.07) is 5.74. The van der Waals surface area contributed by atoms with Gasteiger partial charge in [0, 0.05) is 16.6 Å². The van der Waals surface area contributed by atoms with E-state index in [2.05, 4.69) is 18.8 Å². The SMILES string of the molecule is CC#CCOc1cccc(Cl)c1CC(N)CC. The van der Waals surface area contributed by atoms with Crippen LogP contribution in [0.15, 0.2) is 18.2 Å². The molecule has 0 saturated heterocycles. The molecule has 17 heavy (non-hydrogen) atoms. The summed E-state index contributed by atoms with van der Waals surface area (Å²) in [4.78, 5) is 0. The standard InChI is InChI=1S/C14H18ClNO/c1-3-5-9-17-14-8-6-7-13(15)12(14)10-11(16)4-2/h6-8,11H,4,9-10,16H2,1-2H3. The molecule has 0 heterocycles. The number of halogens is 1. The maximum Gasteiger partial charge on any atom is 0.149 e. The van der Waals surface area contributed by atoms with Crippen molar-refractivity contribution in [3.05, 3.63) is 28.8 Å². The van der Waals surface area contributed by atoms with Crippen LogP contribution in [0, 0.1) is 11.8 Å². The number of nitrogens with two attached hydrogens (primary N) is 1. The van der Waals surface area contributed by atoms with Crippen molar-refractivity contribution in [3.63, 3.8) is 0 Å². The topological polar surface area (TPSA) is 35.2 Å². The van der Waals surface area contributed by atoms with Gasteiger partial charge in [-0.2, -0.15) is 0 Å². The molecule has 1 aromatic rings. The van der Waals surface area contributed by atoms with E-state index >= 15 is 0 Å². The molecule has 0 spiro atoms. The molecular weight excluding hydrogens is 234 g/mol. The Balaban J connectivity index is 2.86. The molecule has 1 rings (SSSR count). The highest BCUT2D eigenvalue weighted by Gasteiger charge is 2.11. The Labute approximate surface area is 108 Å². The first-order valence-electron chi connectivity index (χ1n) is 5.74. The molecule has 0 aliphatic rings. The normalized spacial score (nSPS) is 11.5. The zero-order valence-electron chi connectivity index (χ0n) is 10.3. The van der Waals surface area contributed by atoms with Crippen LogP contribution in [0.2, 0.25) is 5.02 Å². The first-order chi connectivity index (χ1) is 8.19. The van der Waals surface area contributed by atoms with Crippen LogP contribution in [0.4, 0.5) is 0 Å². The van der Waals surface area contributed by atoms with Gasteiger partial charge in [-0.1, -0.05) is 30.5 Å². The molecule has 1 atom stereocenters. The van der Waals surface area contributed by atoms with Crippen LogP contribution in [0.1, 0.15) is 25.8 Å². The zero-order valence-corrected chi connectivity index (χ0v) is 11.1. The third-order valence-electron chi connectivity index (χ3n) is 2.54. The number of benzene rings is 1. The molecule has 2 N–H and O–H groups in total. The van der Waals surface area contributed by atoms with Gasteiger partial charge in [0.15, 0.2) is 0 Å². The number of hydrogen-bond acceptors (Lipinski definition) is 2. The van der Waals surface area contributed by atoms with E-state index in [0.29, 0.717) is 11.6 Å². The molecule has 0 aliphatic heterocycles. The van der Waals surface area contributed by atoms with Crippen molar-refractivity contribution in [3.8, 4) is 17.6 Å².